The highest BCUT2D eigenvalue weighted by Crippen LogP contribution is 2.40. The first-order chi connectivity index (χ1) is 19.0. The molecule has 2 aromatic heterocycles. The van der Waals surface area contributed by atoms with Crippen molar-refractivity contribution in [1.82, 2.24) is 25.2 Å². The minimum absolute atomic E-state index is 0.0732. The van der Waals surface area contributed by atoms with Crippen LogP contribution in [0.15, 0.2) is 30.5 Å². The summed E-state index contributed by atoms with van der Waals surface area (Å²) >= 11 is 0. The minimum atomic E-state index is -0.392. The van der Waals surface area contributed by atoms with Crippen LogP contribution in [-0.2, 0) is 0 Å². The van der Waals surface area contributed by atoms with Gasteiger partial charge in [-0.15, -0.1) is 0 Å². The average Bonchev–Trinajstić information content (AvgIpc) is 3.65. The lowest BCUT2D eigenvalue weighted by Crippen LogP contribution is -2.51. The van der Waals surface area contributed by atoms with Crippen LogP contribution >= 0.6 is 0 Å². The molecule has 4 fully saturated rings. The van der Waals surface area contributed by atoms with E-state index in [0.29, 0.717) is 41.2 Å². The highest BCUT2D eigenvalue weighted by atomic mass is 19.1. The molecule has 1 N–H and O–H groups in total. The lowest BCUT2D eigenvalue weighted by molar-refractivity contribution is 0.108. The number of benzene rings is 1. The standard InChI is InChI=1S/C31H39FN6O/c1-3-20(2)23-8-4-5-9-24(23)27-26(32)28-25(16-33-27)29(37-17-21-10-11-22(18-37)34-21)36-30(35-28)39-19-31-12-6-14-38(31)15-7-13-31/h4-5,8-9,16,20-22,34H,3,6-7,10-15,17-19H2,1-2H3. The predicted molar refractivity (Wildman–Crippen MR) is 152 cm³/mol. The Hall–Kier alpha value is -2.84. The Morgan fingerprint density at radius 2 is 1.85 bits per heavy atom. The first-order valence-electron chi connectivity index (χ1n) is 14.9. The Balaban J connectivity index is 1.32. The van der Waals surface area contributed by atoms with Gasteiger partial charge in [0.05, 0.1) is 10.9 Å². The van der Waals surface area contributed by atoms with Crippen LogP contribution in [0.5, 0.6) is 6.01 Å². The van der Waals surface area contributed by atoms with Crippen LogP contribution in [0.3, 0.4) is 0 Å². The van der Waals surface area contributed by atoms with Gasteiger partial charge in [0, 0.05) is 36.9 Å². The van der Waals surface area contributed by atoms with Crippen molar-refractivity contribution in [3.8, 4) is 17.3 Å². The molecule has 0 amide bonds. The quantitative estimate of drug-likeness (QED) is 0.445. The molecule has 7 rings (SSSR count). The van der Waals surface area contributed by atoms with E-state index >= 15 is 4.39 Å². The van der Waals surface area contributed by atoms with Crippen molar-refractivity contribution < 1.29 is 9.13 Å². The van der Waals surface area contributed by atoms with Gasteiger partial charge >= 0.3 is 6.01 Å². The molecule has 7 nitrogen and oxygen atoms in total. The van der Waals surface area contributed by atoms with Gasteiger partial charge in [-0.05, 0) is 69.5 Å². The Kier molecular flexibility index (Phi) is 6.43. The smallest absolute Gasteiger partial charge is 0.319 e. The van der Waals surface area contributed by atoms with Crippen LogP contribution in [0.1, 0.15) is 70.3 Å². The summed E-state index contributed by atoms with van der Waals surface area (Å²) in [7, 11) is 0. The second-order valence-corrected chi connectivity index (χ2v) is 12.2. The molecule has 0 saturated carbocycles. The van der Waals surface area contributed by atoms with Crippen LogP contribution in [0.4, 0.5) is 10.2 Å². The molecular formula is C31H39FN6O. The third-order valence-electron chi connectivity index (χ3n) is 9.80. The van der Waals surface area contributed by atoms with E-state index in [1.165, 1.54) is 12.8 Å². The molecule has 2 bridgehead atoms. The Morgan fingerprint density at radius 1 is 1.10 bits per heavy atom. The van der Waals surface area contributed by atoms with Gasteiger partial charge in [0.15, 0.2) is 5.82 Å². The summed E-state index contributed by atoms with van der Waals surface area (Å²) in [6.45, 7) is 8.86. The molecule has 3 aromatic rings. The molecule has 1 aromatic carbocycles. The van der Waals surface area contributed by atoms with Crippen LogP contribution in [-0.4, -0.2) is 70.3 Å². The monoisotopic (exact) mass is 530 g/mol. The molecule has 4 saturated heterocycles. The zero-order chi connectivity index (χ0) is 26.6. The number of piperazine rings is 1. The molecule has 4 aliphatic heterocycles. The molecule has 39 heavy (non-hydrogen) atoms. The maximum atomic E-state index is 16.5. The lowest BCUT2D eigenvalue weighted by atomic mass is 9.92. The first-order valence-corrected chi connectivity index (χ1v) is 14.9. The summed E-state index contributed by atoms with van der Waals surface area (Å²) in [6.07, 6.45) is 9.77. The van der Waals surface area contributed by atoms with Gasteiger partial charge in [0.2, 0.25) is 0 Å². The van der Waals surface area contributed by atoms with Crippen LogP contribution in [0.2, 0.25) is 0 Å². The SMILES string of the molecule is CCC(C)c1ccccc1-c1ncc2c(N3CC4CCC(C3)N4)nc(OCC34CCCN3CCC4)nc2c1F. The van der Waals surface area contributed by atoms with Gasteiger partial charge in [-0.3, -0.25) is 9.88 Å². The zero-order valence-corrected chi connectivity index (χ0v) is 23.1. The molecule has 206 valence electrons. The third kappa shape index (κ3) is 4.36. The van der Waals surface area contributed by atoms with E-state index in [1.807, 2.05) is 18.2 Å². The normalized spacial score (nSPS) is 24.8. The highest BCUT2D eigenvalue weighted by Gasteiger charge is 2.45. The number of pyridine rings is 1. The number of rotatable bonds is 7. The highest BCUT2D eigenvalue weighted by molar-refractivity contribution is 5.92. The van der Waals surface area contributed by atoms with E-state index in [1.54, 1.807) is 6.20 Å². The molecular weight excluding hydrogens is 491 g/mol. The van der Waals surface area contributed by atoms with Gasteiger partial charge in [0.1, 0.15) is 23.6 Å². The van der Waals surface area contributed by atoms with Gasteiger partial charge < -0.3 is 15.0 Å². The number of nitrogens with zero attached hydrogens (tertiary/aromatic N) is 5. The largest absolute Gasteiger partial charge is 0.461 e. The fraction of sp³-hybridized carbons (Fsp3) is 0.581. The number of nitrogens with one attached hydrogen (secondary N) is 1. The van der Waals surface area contributed by atoms with E-state index in [9.17, 15) is 0 Å². The zero-order valence-electron chi connectivity index (χ0n) is 23.1. The van der Waals surface area contributed by atoms with Crippen molar-refractivity contribution in [2.24, 2.45) is 0 Å². The third-order valence-corrected chi connectivity index (χ3v) is 9.80. The summed E-state index contributed by atoms with van der Waals surface area (Å²) in [5, 5.41) is 4.35. The van der Waals surface area contributed by atoms with Gasteiger partial charge in [0.25, 0.3) is 0 Å². The Bertz CT molecular complexity index is 1360. The maximum Gasteiger partial charge on any atom is 0.319 e. The molecule has 0 aliphatic carbocycles. The predicted octanol–water partition coefficient (Wildman–Crippen LogP) is 5.29. The van der Waals surface area contributed by atoms with E-state index in [0.717, 1.165) is 75.2 Å². The number of hydrogen-bond acceptors (Lipinski definition) is 7. The summed E-state index contributed by atoms with van der Waals surface area (Å²) in [4.78, 5) is 19.2. The van der Waals surface area contributed by atoms with Crippen LogP contribution in [0, 0.1) is 5.82 Å². The van der Waals surface area contributed by atoms with E-state index in [2.05, 4.69) is 35.0 Å². The second kappa shape index (κ2) is 9.97. The van der Waals surface area contributed by atoms with E-state index in [4.69, 9.17) is 19.7 Å². The number of halogens is 1. The summed E-state index contributed by atoms with van der Waals surface area (Å²) in [5.74, 6) is 0.652. The number of anilines is 1. The van der Waals surface area contributed by atoms with Crippen molar-refractivity contribution in [3.63, 3.8) is 0 Å². The Morgan fingerprint density at radius 3 is 2.59 bits per heavy atom. The number of hydrogen-bond donors (Lipinski definition) is 1. The minimum Gasteiger partial charge on any atom is -0.461 e. The Labute approximate surface area is 230 Å². The number of aromatic nitrogens is 3. The fourth-order valence-corrected chi connectivity index (χ4v) is 7.51. The molecule has 0 radical (unpaired) electrons. The molecule has 3 atom stereocenters. The van der Waals surface area contributed by atoms with Crippen molar-refractivity contribution in [3.05, 3.63) is 41.8 Å². The fourth-order valence-electron chi connectivity index (χ4n) is 7.51. The van der Waals surface area contributed by atoms with E-state index < -0.39 is 5.82 Å². The first kappa shape index (κ1) is 25.1. The molecule has 4 aliphatic rings. The number of ether oxygens (including phenoxy) is 1. The van der Waals surface area contributed by atoms with Crippen molar-refractivity contribution >= 4 is 16.7 Å². The lowest BCUT2D eigenvalue weighted by Gasteiger charge is -2.34. The summed E-state index contributed by atoms with van der Waals surface area (Å²) in [6, 6.07) is 9.17. The van der Waals surface area contributed by atoms with Gasteiger partial charge in [-0.25, -0.2) is 4.39 Å². The van der Waals surface area contributed by atoms with Crippen LogP contribution < -0.4 is 15.0 Å². The molecule has 8 heteroatoms. The van der Waals surface area contributed by atoms with Crippen molar-refractivity contribution in [2.45, 2.75) is 82.3 Å². The van der Waals surface area contributed by atoms with Gasteiger partial charge in [-0.2, -0.15) is 9.97 Å². The van der Waals surface area contributed by atoms with Crippen molar-refractivity contribution in [2.75, 3.05) is 37.7 Å². The molecule has 3 unspecified atom stereocenters. The van der Waals surface area contributed by atoms with E-state index in [-0.39, 0.29) is 11.5 Å². The second-order valence-electron chi connectivity index (χ2n) is 12.2. The van der Waals surface area contributed by atoms with Crippen molar-refractivity contribution in [1.29, 1.82) is 0 Å². The number of fused-ring (bicyclic) bond motifs is 4. The average molecular weight is 531 g/mol. The summed E-state index contributed by atoms with van der Waals surface area (Å²) < 4.78 is 22.9. The topological polar surface area (TPSA) is 66.4 Å². The van der Waals surface area contributed by atoms with Crippen LogP contribution in [0.25, 0.3) is 22.2 Å². The molecule has 6 heterocycles. The summed E-state index contributed by atoms with van der Waals surface area (Å²) in [5.41, 5.74) is 2.67. The molecule has 0 spiro atoms. The maximum absolute atomic E-state index is 16.5. The van der Waals surface area contributed by atoms with Gasteiger partial charge in [-0.1, -0.05) is 38.1 Å².